The van der Waals surface area contributed by atoms with Crippen LogP contribution in [0.1, 0.15) is 24.8 Å². The van der Waals surface area contributed by atoms with Crippen molar-refractivity contribution in [3.05, 3.63) is 40.4 Å². The lowest BCUT2D eigenvalue weighted by Gasteiger charge is -2.31. The lowest BCUT2D eigenvalue weighted by Crippen LogP contribution is -2.42. The molecule has 0 radical (unpaired) electrons. The van der Waals surface area contributed by atoms with Gasteiger partial charge in [0.05, 0.1) is 11.0 Å². The van der Waals surface area contributed by atoms with E-state index in [1.165, 1.54) is 0 Å². The van der Waals surface area contributed by atoms with E-state index in [2.05, 4.69) is 15.9 Å². The number of likely N-dealkylation sites (tertiary alicyclic amines) is 1. The minimum absolute atomic E-state index is 0.0712. The smallest absolute Gasteiger partial charge is 0.246 e. The molecule has 1 amide bonds. The molecular weight excluding hydrogens is 406 g/mol. The van der Waals surface area contributed by atoms with E-state index in [1.54, 1.807) is 24.2 Å². The lowest BCUT2D eigenvalue weighted by molar-refractivity contribution is -0.126. The molecule has 1 saturated heterocycles. The second-order valence-corrected chi connectivity index (χ2v) is 9.44. The molecule has 1 aliphatic heterocycles. The number of amides is 1. The minimum Gasteiger partial charge on any atom is -0.385 e. The molecule has 0 atom stereocenters. The Bertz CT molecular complexity index is 692. The van der Waals surface area contributed by atoms with Crippen LogP contribution in [0.3, 0.4) is 0 Å². The average molecular weight is 430 g/mol. The normalized spacial score (nSPS) is 16.5. The van der Waals surface area contributed by atoms with Crippen molar-refractivity contribution in [1.29, 1.82) is 0 Å². The number of halogens is 1. The number of methoxy groups -OCH3 is 1. The summed E-state index contributed by atoms with van der Waals surface area (Å²) in [4.78, 5) is 14.0. The van der Waals surface area contributed by atoms with Crippen LogP contribution in [0.2, 0.25) is 0 Å². The van der Waals surface area contributed by atoms with E-state index >= 15 is 0 Å². The van der Waals surface area contributed by atoms with Gasteiger partial charge in [0, 0.05) is 37.4 Å². The third-order valence-electron chi connectivity index (χ3n) is 4.33. The highest BCUT2D eigenvalue weighted by Crippen LogP contribution is 2.20. The fourth-order valence-electron chi connectivity index (χ4n) is 2.85. The molecular formula is C18H24BrNO4S. The number of nitrogens with zero attached hydrogens (tertiary/aromatic N) is 1. The molecule has 1 fully saturated rings. The van der Waals surface area contributed by atoms with Crippen LogP contribution in [0.15, 0.2) is 34.8 Å². The number of carbonyl (C=O) groups excluding carboxylic acids is 1. The van der Waals surface area contributed by atoms with Gasteiger partial charge in [-0.25, -0.2) is 8.42 Å². The predicted octanol–water partition coefficient (Wildman–Crippen LogP) is 2.90. The van der Waals surface area contributed by atoms with Crippen LogP contribution in [0.25, 0.3) is 6.08 Å². The summed E-state index contributed by atoms with van der Waals surface area (Å²) in [6.45, 7) is 1.42. The Labute approximate surface area is 158 Å². The summed E-state index contributed by atoms with van der Waals surface area (Å²) >= 11 is 3.37. The summed E-state index contributed by atoms with van der Waals surface area (Å²) in [7, 11) is -1.54. The van der Waals surface area contributed by atoms with Crippen molar-refractivity contribution >= 4 is 37.8 Å². The zero-order valence-corrected chi connectivity index (χ0v) is 16.8. The molecule has 25 heavy (non-hydrogen) atoms. The van der Waals surface area contributed by atoms with Crippen molar-refractivity contribution in [3.8, 4) is 0 Å². The largest absolute Gasteiger partial charge is 0.385 e. The molecule has 7 heteroatoms. The first kappa shape index (κ1) is 20.1. The number of benzene rings is 1. The van der Waals surface area contributed by atoms with Crippen LogP contribution >= 0.6 is 15.9 Å². The van der Waals surface area contributed by atoms with Crippen LogP contribution in [-0.4, -0.2) is 57.0 Å². The van der Waals surface area contributed by atoms with Crippen LogP contribution in [0, 0.1) is 0 Å². The van der Waals surface area contributed by atoms with Crippen molar-refractivity contribution in [3.63, 3.8) is 0 Å². The maximum Gasteiger partial charge on any atom is 0.246 e. The van der Waals surface area contributed by atoms with Gasteiger partial charge in [-0.05, 0) is 43.0 Å². The molecule has 0 bridgehead atoms. The highest BCUT2D eigenvalue weighted by Gasteiger charge is 2.30. The van der Waals surface area contributed by atoms with Gasteiger partial charge >= 0.3 is 0 Å². The molecule has 2 rings (SSSR count). The van der Waals surface area contributed by atoms with Gasteiger partial charge in [-0.15, -0.1) is 0 Å². The van der Waals surface area contributed by atoms with Gasteiger partial charge in [-0.3, -0.25) is 4.79 Å². The molecule has 0 saturated carbocycles. The zero-order chi connectivity index (χ0) is 18.3. The molecule has 1 aromatic rings. The first-order valence-corrected chi connectivity index (χ1v) is 10.9. The van der Waals surface area contributed by atoms with Crippen molar-refractivity contribution in [1.82, 2.24) is 4.90 Å². The fraction of sp³-hybridized carbons (Fsp3) is 0.500. The number of hydrogen-bond donors (Lipinski definition) is 0. The minimum atomic E-state index is -3.10. The van der Waals surface area contributed by atoms with E-state index in [9.17, 15) is 13.2 Å². The van der Waals surface area contributed by atoms with Gasteiger partial charge in [-0.1, -0.05) is 28.1 Å². The Kier molecular flexibility index (Phi) is 7.65. The Morgan fingerprint density at radius 2 is 1.92 bits per heavy atom. The maximum absolute atomic E-state index is 12.3. The number of rotatable bonds is 7. The van der Waals surface area contributed by atoms with E-state index in [0.717, 1.165) is 10.0 Å². The van der Waals surface area contributed by atoms with E-state index in [1.807, 2.05) is 24.3 Å². The van der Waals surface area contributed by atoms with Crippen LogP contribution in [0.5, 0.6) is 0 Å². The molecule has 0 N–H and O–H groups in total. The maximum atomic E-state index is 12.3. The Hall–Kier alpha value is -1.18. The van der Waals surface area contributed by atoms with Gasteiger partial charge in [0.2, 0.25) is 5.91 Å². The first-order chi connectivity index (χ1) is 11.9. The van der Waals surface area contributed by atoms with E-state index in [4.69, 9.17) is 4.74 Å². The molecule has 0 spiro atoms. The molecule has 138 valence electrons. The molecule has 5 nitrogen and oxygen atoms in total. The van der Waals surface area contributed by atoms with Gasteiger partial charge in [0.25, 0.3) is 0 Å². The third-order valence-corrected chi connectivity index (χ3v) is 7.20. The molecule has 1 aliphatic rings. The summed E-state index contributed by atoms with van der Waals surface area (Å²) in [6, 6.07) is 7.69. The first-order valence-electron chi connectivity index (χ1n) is 8.35. The number of hydrogen-bond acceptors (Lipinski definition) is 4. The summed E-state index contributed by atoms with van der Waals surface area (Å²) in [5, 5.41) is -0.344. The average Bonchev–Trinajstić information content (AvgIpc) is 2.61. The highest BCUT2D eigenvalue weighted by atomic mass is 79.9. The highest BCUT2D eigenvalue weighted by molar-refractivity contribution is 9.10. The quantitative estimate of drug-likeness (QED) is 0.493. The zero-order valence-electron chi connectivity index (χ0n) is 14.4. The molecule has 0 aliphatic carbocycles. The van der Waals surface area contributed by atoms with E-state index in [0.29, 0.717) is 39.0 Å². The van der Waals surface area contributed by atoms with Gasteiger partial charge in [-0.2, -0.15) is 0 Å². The Morgan fingerprint density at radius 3 is 2.52 bits per heavy atom. The summed E-state index contributed by atoms with van der Waals surface area (Å²) in [5.41, 5.74) is 0.951. The summed E-state index contributed by atoms with van der Waals surface area (Å²) < 4.78 is 30.5. The second-order valence-electron chi connectivity index (χ2n) is 6.12. The fourth-order valence-corrected chi connectivity index (χ4v) is 4.90. The Morgan fingerprint density at radius 1 is 1.28 bits per heavy atom. The summed E-state index contributed by atoms with van der Waals surface area (Å²) in [5.74, 6) is 0.0845. The van der Waals surface area contributed by atoms with Gasteiger partial charge in [0.15, 0.2) is 9.84 Å². The molecule has 0 aromatic heterocycles. The van der Waals surface area contributed by atoms with E-state index < -0.39 is 9.84 Å². The predicted molar refractivity (Wildman–Crippen MR) is 103 cm³/mol. The van der Waals surface area contributed by atoms with Crippen LogP contribution in [-0.2, 0) is 19.4 Å². The number of sulfone groups is 1. The topological polar surface area (TPSA) is 63.7 Å². The SMILES string of the molecule is COCCCS(=O)(=O)C1CCN(C(=O)/C=C/c2ccc(Br)cc2)CC1. The monoisotopic (exact) mass is 429 g/mol. The van der Waals surface area contributed by atoms with Gasteiger partial charge in [0.1, 0.15) is 0 Å². The number of ether oxygens (including phenoxy) is 1. The van der Waals surface area contributed by atoms with Crippen LogP contribution < -0.4 is 0 Å². The van der Waals surface area contributed by atoms with Crippen molar-refractivity contribution in [2.24, 2.45) is 0 Å². The van der Waals surface area contributed by atoms with Crippen molar-refractivity contribution in [2.75, 3.05) is 32.6 Å². The molecule has 0 unspecified atom stereocenters. The molecule has 1 heterocycles. The summed E-state index contributed by atoms with van der Waals surface area (Å²) in [6.07, 6.45) is 4.87. The third kappa shape index (κ3) is 6.24. The lowest BCUT2D eigenvalue weighted by atomic mass is 10.1. The standard InChI is InChI=1S/C18H24BrNO4S/c1-24-13-2-14-25(22,23)17-9-11-20(12-10-17)18(21)8-5-15-3-6-16(19)7-4-15/h3-8,17H,2,9-14H2,1H3/b8-5+. The second kappa shape index (κ2) is 9.50. The number of piperidine rings is 1. The van der Waals surface area contributed by atoms with Crippen molar-refractivity contribution in [2.45, 2.75) is 24.5 Å². The van der Waals surface area contributed by atoms with Gasteiger partial charge < -0.3 is 9.64 Å². The van der Waals surface area contributed by atoms with Crippen molar-refractivity contribution < 1.29 is 17.9 Å². The number of carbonyl (C=O) groups is 1. The van der Waals surface area contributed by atoms with E-state index in [-0.39, 0.29) is 16.9 Å². The Balaban J connectivity index is 1.84. The van der Waals surface area contributed by atoms with Crippen LogP contribution in [0.4, 0.5) is 0 Å². The molecule has 1 aromatic carbocycles.